The van der Waals surface area contributed by atoms with Crippen molar-refractivity contribution in [1.82, 2.24) is 5.32 Å². The van der Waals surface area contributed by atoms with Gasteiger partial charge in [-0.1, -0.05) is 0 Å². The molecule has 1 aliphatic rings. The van der Waals surface area contributed by atoms with E-state index in [1.807, 2.05) is 7.05 Å². The van der Waals surface area contributed by atoms with Gasteiger partial charge in [-0.05, 0) is 26.3 Å². The Bertz CT molecular complexity index is 426. The van der Waals surface area contributed by atoms with Gasteiger partial charge in [0.25, 0.3) is 0 Å². The lowest BCUT2D eigenvalue weighted by Gasteiger charge is -2.11. The third-order valence-electron chi connectivity index (χ3n) is 3.04. The van der Waals surface area contributed by atoms with Gasteiger partial charge in [0, 0.05) is 12.3 Å². The molecule has 0 saturated heterocycles. The fourth-order valence-corrected chi connectivity index (χ4v) is 5.46. The molecule has 96 valence electrons. The second-order valence-electron chi connectivity index (χ2n) is 4.42. The predicted octanol–water partition coefficient (Wildman–Crippen LogP) is -0.414. The van der Waals surface area contributed by atoms with Crippen molar-refractivity contribution in [2.24, 2.45) is 0 Å². The summed E-state index contributed by atoms with van der Waals surface area (Å²) in [6.45, 7) is 0. The normalized spacial score (nSPS) is 27.1. The third kappa shape index (κ3) is 4.03. The molecule has 0 radical (unpaired) electrons. The number of nitrogens with one attached hydrogen (secondary N) is 1. The molecule has 0 aromatic carbocycles. The van der Waals surface area contributed by atoms with Crippen molar-refractivity contribution < 1.29 is 16.8 Å². The quantitative estimate of drug-likeness (QED) is 0.733. The van der Waals surface area contributed by atoms with Crippen LogP contribution in [0.25, 0.3) is 0 Å². The van der Waals surface area contributed by atoms with Crippen LogP contribution in [0.3, 0.4) is 0 Å². The van der Waals surface area contributed by atoms with E-state index in [9.17, 15) is 16.8 Å². The highest BCUT2D eigenvalue weighted by Crippen LogP contribution is 2.25. The van der Waals surface area contributed by atoms with Crippen molar-refractivity contribution >= 4 is 19.7 Å². The highest BCUT2D eigenvalue weighted by molar-refractivity contribution is 7.95. The zero-order chi connectivity index (χ0) is 12.4. The summed E-state index contributed by atoms with van der Waals surface area (Å²) in [4.78, 5) is 0. The van der Waals surface area contributed by atoms with Crippen molar-refractivity contribution in [2.45, 2.75) is 30.6 Å². The summed E-state index contributed by atoms with van der Waals surface area (Å²) in [5.74, 6) is -0.511. The summed E-state index contributed by atoms with van der Waals surface area (Å²) in [5, 5.41) is 2.69. The molecule has 5 nitrogen and oxygen atoms in total. The molecule has 0 amide bonds. The number of sulfone groups is 2. The van der Waals surface area contributed by atoms with Crippen LogP contribution in [0.15, 0.2) is 0 Å². The average molecular weight is 269 g/mol. The Kier molecular flexibility index (Phi) is 4.36. The lowest BCUT2D eigenvalue weighted by molar-refractivity contribution is 0.564. The van der Waals surface area contributed by atoms with Crippen LogP contribution >= 0.6 is 0 Å². The van der Waals surface area contributed by atoms with E-state index < -0.39 is 19.7 Å². The molecule has 16 heavy (non-hydrogen) atoms. The van der Waals surface area contributed by atoms with E-state index in [-0.39, 0.29) is 22.8 Å². The van der Waals surface area contributed by atoms with Crippen molar-refractivity contribution in [3.05, 3.63) is 0 Å². The van der Waals surface area contributed by atoms with Crippen LogP contribution in [0.1, 0.15) is 19.3 Å². The molecule has 2 unspecified atom stereocenters. The molecule has 0 aromatic heterocycles. The molecule has 0 heterocycles. The van der Waals surface area contributed by atoms with E-state index in [0.717, 1.165) is 12.7 Å². The summed E-state index contributed by atoms with van der Waals surface area (Å²) >= 11 is 0. The molecule has 0 aromatic rings. The third-order valence-corrected chi connectivity index (χ3v) is 6.46. The van der Waals surface area contributed by atoms with Crippen LogP contribution in [0.2, 0.25) is 0 Å². The monoisotopic (exact) mass is 269 g/mol. The van der Waals surface area contributed by atoms with Crippen molar-refractivity contribution in [1.29, 1.82) is 0 Å². The van der Waals surface area contributed by atoms with Gasteiger partial charge < -0.3 is 5.32 Å². The SMILES string of the molecule is CNC1CCC(S(=O)(=O)CCS(C)(=O)=O)C1. The largest absolute Gasteiger partial charge is 0.317 e. The van der Waals surface area contributed by atoms with Crippen molar-refractivity contribution in [3.63, 3.8) is 0 Å². The van der Waals surface area contributed by atoms with Crippen LogP contribution in [0, 0.1) is 0 Å². The summed E-state index contributed by atoms with van der Waals surface area (Å²) in [5.41, 5.74) is 0. The number of hydrogen-bond acceptors (Lipinski definition) is 5. The van der Waals surface area contributed by atoms with Crippen molar-refractivity contribution in [3.8, 4) is 0 Å². The maximum absolute atomic E-state index is 11.8. The average Bonchev–Trinajstić information content (AvgIpc) is 2.62. The number of hydrogen-bond donors (Lipinski definition) is 1. The van der Waals surface area contributed by atoms with E-state index in [1.165, 1.54) is 0 Å². The minimum atomic E-state index is -3.26. The first-order valence-electron chi connectivity index (χ1n) is 5.31. The van der Waals surface area contributed by atoms with Gasteiger partial charge in [0.05, 0.1) is 16.8 Å². The molecule has 0 spiro atoms. The second kappa shape index (κ2) is 5.01. The molecule has 1 saturated carbocycles. The first-order chi connectivity index (χ1) is 7.24. The molecule has 1 aliphatic carbocycles. The summed E-state index contributed by atoms with van der Waals surface area (Å²) < 4.78 is 45.6. The summed E-state index contributed by atoms with van der Waals surface area (Å²) in [7, 11) is -4.64. The van der Waals surface area contributed by atoms with E-state index in [1.54, 1.807) is 0 Å². The van der Waals surface area contributed by atoms with E-state index >= 15 is 0 Å². The Morgan fingerprint density at radius 3 is 2.19 bits per heavy atom. The van der Waals surface area contributed by atoms with Crippen molar-refractivity contribution in [2.75, 3.05) is 24.8 Å². The standard InChI is InChI=1S/C9H19NO4S2/c1-10-8-3-4-9(7-8)16(13,14)6-5-15(2,11)12/h8-10H,3-7H2,1-2H3. The Balaban J connectivity index is 2.59. The van der Waals surface area contributed by atoms with E-state index in [4.69, 9.17) is 0 Å². The molecule has 1 rings (SSSR count). The minimum absolute atomic E-state index is 0.243. The molecule has 0 aliphatic heterocycles. The zero-order valence-electron chi connectivity index (χ0n) is 9.64. The zero-order valence-corrected chi connectivity index (χ0v) is 11.3. The second-order valence-corrected chi connectivity index (χ2v) is 9.08. The molecule has 1 fully saturated rings. The first-order valence-corrected chi connectivity index (χ1v) is 9.09. The topological polar surface area (TPSA) is 80.3 Å². The van der Waals surface area contributed by atoms with Crippen LogP contribution in [0.5, 0.6) is 0 Å². The van der Waals surface area contributed by atoms with Gasteiger partial charge in [-0.15, -0.1) is 0 Å². The Morgan fingerprint density at radius 2 is 1.75 bits per heavy atom. The van der Waals surface area contributed by atoms with Crippen LogP contribution in [-0.2, 0) is 19.7 Å². The van der Waals surface area contributed by atoms with Gasteiger partial charge in [-0.2, -0.15) is 0 Å². The minimum Gasteiger partial charge on any atom is -0.317 e. The van der Waals surface area contributed by atoms with Crippen LogP contribution < -0.4 is 5.32 Å². The van der Waals surface area contributed by atoms with Gasteiger partial charge in [0.1, 0.15) is 9.84 Å². The highest BCUT2D eigenvalue weighted by Gasteiger charge is 2.33. The van der Waals surface area contributed by atoms with Crippen LogP contribution in [0.4, 0.5) is 0 Å². The molecular formula is C9H19NO4S2. The van der Waals surface area contributed by atoms with E-state index in [2.05, 4.69) is 5.32 Å². The Hall–Kier alpha value is -0.140. The lowest BCUT2D eigenvalue weighted by atomic mass is 10.3. The van der Waals surface area contributed by atoms with Crippen LogP contribution in [-0.4, -0.2) is 52.9 Å². The summed E-state index contributed by atoms with van der Waals surface area (Å²) in [6.07, 6.45) is 3.15. The molecule has 2 atom stereocenters. The smallest absolute Gasteiger partial charge is 0.154 e. The van der Waals surface area contributed by atoms with Gasteiger partial charge in [0.2, 0.25) is 0 Å². The maximum Gasteiger partial charge on any atom is 0.154 e. The summed E-state index contributed by atoms with van der Waals surface area (Å²) in [6, 6.07) is 0.248. The molecule has 0 bridgehead atoms. The van der Waals surface area contributed by atoms with E-state index in [0.29, 0.717) is 12.8 Å². The first kappa shape index (κ1) is 13.9. The van der Waals surface area contributed by atoms with Gasteiger partial charge >= 0.3 is 0 Å². The Morgan fingerprint density at radius 1 is 1.12 bits per heavy atom. The maximum atomic E-state index is 11.8. The van der Waals surface area contributed by atoms with Gasteiger partial charge in [-0.3, -0.25) is 0 Å². The number of rotatable bonds is 5. The Labute approximate surface area is 97.5 Å². The molecule has 1 N–H and O–H groups in total. The fourth-order valence-electron chi connectivity index (χ4n) is 1.96. The lowest BCUT2D eigenvalue weighted by Crippen LogP contribution is -2.28. The van der Waals surface area contributed by atoms with Gasteiger partial charge in [0.15, 0.2) is 9.84 Å². The fraction of sp³-hybridized carbons (Fsp3) is 1.00. The molecular weight excluding hydrogens is 250 g/mol. The van der Waals surface area contributed by atoms with Gasteiger partial charge in [-0.25, -0.2) is 16.8 Å². The molecule has 7 heteroatoms. The highest BCUT2D eigenvalue weighted by atomic mass is 32.2. The predicted molar refractivity (Wildman–Crippen MR) is 64.0 cm³/mol.